The molecule has 0 unspecified atom stereocenters. The number of hydrogen-bond acceptors (Lipinski definition) is 4. The lowest BCUT2D eigenvalue weighted by molar-refractivity contribution is 0.0941. The number of para-hydroxylation sites is 1. The highest BCUT2D eigenvalue weighted by Gasteiger charge is 2.27. The SMILES string of the molecule is Cc1cccc(Cn2c(=O)c(C(=O)NC3CC3)nn(-c3ccccc3)c2=O)c1. The minimum atomic E-state index is -0.683. The van der Waals surface area contributed by atoms with Gasteiger partial charge in [0, 0.05) is 6.04 Å². The molecular weight excluding hydrogens is 356 g/mol. The maximum Gasteiger partial charge on any atom is 0.352 e. The van der Waals surface area contributed by atoms with Crippen molar-refractivity contribution in [2.45, 2.75) is 32.4 Å². The van der Waals surface area contributed by atoms with E-state index in [1.807, 2.05) is 37.3 Å². The van der Waals surface area contributed by atoms with Crippen LogP contribution in [0.25, 0.3) is 5.69 Å². The standard InChI is InChI=1S/C21H20N4O3/c1-14-6-5-7-15(12-14)13-24-20(27)18(19(26)22-16-10-11-16)23-25(21(24)28)17-8-3-2-4-9-17/h2-9,12,16H,10-11,13H2,1H3,(H,22,26). The third-order valence-electron chi connectivity index (χ3n) is 4.61. The number of amides is 1. The molecule has 1 heterocycles. The highest BCUT2D eigenvalue weighted by atomic mass is 16.2. The molecule has 7 nitrogen and oxygen atoms in total. The van der Waals surface area contributed by atoms with E-state index >= 15 is 0 Å². The number of hydrogen-bond donors (Lipinski definition) is 1. The summed E-state index contributed by atoms with van der Waals surface area (Å²) in [5.41, 5.74) is 0.778. The molecule has 1 saturated carbocycles. The summed E-state index contributed by atoms with van der Waals surface area (Å²) in [6.45, 7) is 2.01. The molecular formula is C21H20N4O3. The highest BCUT2D eigenvalue weighted by molar-refractivity contribution is 5.92. The van der Waals surface area contributed by atoms with Crippen molar-refractivity contribution < 1.29 is 4.79 Å². The average molecular weight is 376 g/mol. The Morgan fingerprint density at radius 1 is 1.11 bits per heavy atom. The Hall–Kier alpha value is -3.48. The molecule has 2 aromatic carbocycles. The number of aryl methyl sites for hydroxylation is 1. The lowest BCUT2D eigenvalue weighted by Crippen LogP contribution is -2.46. The maximum absolute atomic E-state index is 13.0. The largest absolute Gasteiger partial charge is 0.352 e. The number of nitrogens with zero attached hydrogens (tertiary/aromatic N) is 3. The summed E-state index contributed by atoms with van der Waals surface area (Å²) >= 11 is 0. The summed E-state index contributed by atoms with van der Waals surface area (Å²) in [4.78, 5) is 38.5. The molecule has 0 aliphatic heterocycles. The van der Waals surface area contributed by atoms with Crippen molar-refractivity contribution >= 4 is 5.91 Å². The predicted octanol–water partition coefficient (Wildman–Crippen LogP) is 1.64. The van der Waals surface area contributed by atoms with Gasteiger partial charge in [-0.15, -0.1) is 0 Å². The molecule has 0 saturated heterocycles. The van der Waals surface area contributed by atoms with Crippen molar-refractivity contribution in [1.29, 1.82) is 0 Å². The summed E-state index contributed by atoms with van der Waals surface area (Å²) in [6, 6.07) is 16.4. The van der Waals surface area contributed by atoms with Gasteiger partial charge in [0.25, 0.3) is 11.5 Å². The van der Waals surface area contributed by atoms with Gasteiger partial charge < -0.3 is 5.32 Å². The van der Waals surface area contributed by atoms with Crippen LogP contribution in [0.15, 0.2) is 64.2 Å². The topological polar surface area (TPSA) is 86.0 Å². The van der Waals surface area contributed by atoms with Gasteiger partial charge in [-0.1, -0.05) is 48.0 Å². The first-order valence-corrected chi connectivity index (χ1v) is 9.19. The van der Waals surface area contributed by atoms with Crippen molar-refractivity contribution in [3.05, 3.63) is 92.3 Å². The maximum atomic E-state index is 13.0. The highest BCUT2D eigenvalue weighted by Crippen LogP contribution is 2.18. The van der Waals surface area contributed by atoms with Crippen LogP contribution < -0.4 is 16.6 Å². The monoisotopic (exact) mass is 376 g/mol. The van der Waals surface area contributed by atoms with E-state index in [2.05, 4.69) is 10.4 Å². The molecule has 1 fully saturated rings. The molecule has 1 N–H and O–H groups in total. The van der Waals surface area contributed by atoms with E-state index in [0.717, 1.165) is 33.2 Å². The third-order valence-corrected chi connectivity index (χ3v) is 4.61. The van der Waals surface area contributed by atoms with Crippen LogP contribution in [-0.2, 0) is 6.54 Å². The molecule has 7 heteroatoms. The molecule has 1 amide bonds. The average Bonchev–Trinajstić information content (AvgIpc) is 3.50. The predicted molar refractivity (Wildman–Crippen MR) is 105 cm³/mol. The van der Waals surface area contributed by atoms with E-state index in [-0.39, 0.29) is 18.3 Å². The van der Waals surface area contributed by atoms with Gasteiger partial charge in [0.2, 0.25) is 5.69 Å². The van der Waals surface area contributed by atoms with Crippen LogP contribution in [0, 0.1) is 6.92 Å². The molecule has 28 heavy (non-hydrogen) atoms. The molecule has 0 spiro atoms. The summed E-state index contributed by atoms with van der Waals surface area (Å²) in [7, 11) is 0. The van der Waals surface area contributed by atoms with Crippen molar-refractivity contribution in [3.8, 4) is 5.69 Å². The second kappa shape index (κ2) is 7.26. The molecule has 0 atom stereocenters. The summed E-state index contributed by atoms with van der Waals surface area (Å²) in [6.07, 6.45) is 1.78. The van der Waals surface area contributed by atoms with Crippen LogP contribution in [0.3, 0.4) is 0 Å². The van der Waals surface area contributed by atoms with Gasteiger partial charge in [-0.3, -0.25) is 14.2 Å². The van der Waals surface area contributed by atoms with Crippen molar-refractivity contribution in [1.82, 2.24) is 19.7 Å². The Balaban J connectivity index is 1.86. The van der Waals surface area contributed by atoms with Crippen LogP contribution >= 0.6 is 0 Å². The molecule has 4 rings (SSSR count). The lowest BCUT2D eigenvalue weighted by Gasteiger charge is -2.12. The molecule has 1 aromatic heterocycles. The number of aromatic nitrogens is 3. The summed E-state index contributed by atoms with van der Waals surface area (Å²) < 4.78 is 2.18. The van der Waals surface area contributed by atoms with Crippen molar-refractivity contribution in [3.63, 3.8) is 0 Å². The number of nitrogens with one attached hydrogen (secondary N) is 1. The van der Waals surface area contributed by atoms with Crippen LogP contribution in [0.5, 0.6) is 0 Å². The minimum absolute atomic E-state index is 0.0679. The van der Waals surface area contributed by atoms with Crippen molar-refractivity contribution in [2.24, 2.45) is 0 Å². The van der Waals surface area contributed by atoms with Gasteiger partial charge in [-0.25, -0.2) is 4.79 Å². The Morgan fingerprint density at radius 2 is 1.86 bits per heavy atom. The van der Waals surface area contributed by atoms with Gasteiger partial charge >= 0.3 is 5.69 Å². The Kier molecular flexibility index (Phi) is 4.65. The van der Waals surface area contributed by atoms with Gasteiger partial charge in [-0.2, -0.15) is 9.78 Å². The first-order chi connectivity index (χ1) is 13.5. The fraction of sp³-hybridized carbons (Fsp3) is 0.238. The number of rotatable bonds is 5. The third kappa shape index (κ3) is 3.64. The molecule has 1 aliphatic carbocycles. The van der Waals surface area contributed by atoms with E-state index in [1.165, 1.54) is 0 Å². The smallest absolute Gasteiger partial charge is 0.348 e. The fourth-order valence-electron chi connectivity index (χ4n) is 3.01. The number of benzene rings is 2. The van der Waals surface area contributed by atoms with Crippen LogP contribution in [0.4, 0.5) is 0 Å². The second-order valence-corrected chi connectivity index (χ2v) is 7.01. The zero-order valence-electron chi connectivity index (χ0n) is 15.5. The van der Waals surface area contributed by atoms with E-state index in [4.69, 9.17) is 0 Å². The van der Waals surface area contributed by atoms with Gasteiger partial charge in [0.05, 0.1) is 12.2 Å². The number of carbonyl (C=O) groups excluding carboxylic acids is 1. The molecule has 0 radical (unpaired) electrons. The Morgan fingerprint density at radius 3 is 2.54 bits per heavy atom. The second-order valence-electron chi connectivity index (χ2n) is 7.01. The quantitative estimate of drug-likeness (QED) is 0.734. The van der Waals surface area contributed by atoms with E-state index in [9.17, 15) is 14.4 Å². The van der Waals surface area contributed by atoms with Crippen molar-refractivity contribution in [2.75, 3.05) is 0 Å². The molecule has 3 aromatic rings. The van der Waals surface area contributed by atoms with Crippen LogP contribution in [-0.4, -0.2) is 26.3 Å². The van der Waals surface area contributed by atoms with Gasteiger partial charge in [-0.05, 0) is 37.5 Å². The Bertz CT molecular complexity index is 1140. The van der Waals surface area contributed by atoms with E-state index in [0.29, 0.717) is 5.69 Å². The lowest BCUT2D eigenvalue weighted by atomic mass is 10.1. The zero-order valence-corrected chi connectivity index (χ0v) is 15.5. The van der Waals surface area contributed by atoms with Gasteiger partial charge in [0.1, 0.15) is 0 Å². The first-order valence-electron chi connectivity index (χ1n) is 9.19. The van der Waals surface area contributed by atoms with E-state index < -0.39 is 17.2 Å². The molecule has 1 aliphatic rings. The zero-order chi connectivity index (χ0) is 19.7. The fourth-order valence-corrected chi connectivity index (χ4v) is 3.01. The van der Waals surface area contributed by atoms with Crippen LogP contribution in [0.2, 0.25) is 0 Å². The minimum Gasteiger partial charge on any atom is -0.348 e. The van der Waals surface area contributed by atoms with E-state index in [1.54, 1.807) is 24.3 Å². The Labute approximate surface area is 161 Å². The van der Waals surface area contributed by atoms with Gasteiger partial charge in [0.15, 0.2) is 0 Å². The molecule has 142 valence electrons. The normalized spacial score (nSPS) is 13.3. The first kappa shape index (κ1) is 17.9. The summed E-state index contributed by atoms with van der Waals surface area (Å²) in [5, 5.41) is 6.88. The van der Waals surface area contributed by atoms with Crippen LogP contribution in [0.1, 0.15) is 34.5 Å². The number of carbonyl (C=O) groups is 1. The molecule has 0 bridgehead atoms. The summed E-state index contributed by atoms with van der Waals surface area (Å²) in [5.74, 6) is -0.546.